The van der Waals surface area contributed by atoms with Gasteiger partial charge in [-0.15, -0.1) is 5.10 Å². The maximum absolute atomic E-state index is 9.48. The molecule has 2 heterocycles. The van der Waals surface area contributed by atoms with Crippen LogP contribution in [0.4, 0.5) is 0 Å². The van der Waals surface area contributed by atoms with Crippen LogP contribution in [0.3, 0.4) is 0 Å². The quantitative estimate of drug-likeness (QED) is 0.856. The number of benzene rings is 1. The molecule has 0 aliphatic carbocycles. The Bertz CT molecular complexity index is 619. The van der Waals surface area contributed by atoms with Crippen LogP contribution < -0.4 is 0 Å². The third-order valence-electron chi connectivity index (χ3n) is 4.96. The molecule has 0 saturated carbocycles. The van der Waals surface area contributed by atoms with Gasteiger partial charge in [0.25, 0.3) is 0 Å². The summed E-state index contributed by atoms with van der Waals surface area (Å²) in [6.45, 7) is 8.37. The van der Waals surface area contributed by atoms with Crippen molar-refractivity contribution < 1.29 is 5.11 Å². The highest BCUT2D eigenvalue weighted by molar-refractivity contribution is 5.30. The van der Waals surface area contributed by atoms with Crippen molar-refractivity contribution in [3.63, 3.8) is 0 Å². The van der Waals surface area contributed by atoms with Gasteiger partial charge in [-0.25, -0.2) is 0 Å². The number of hydrogen-bond donors (Lipinski definition) is 1. The van der Waals surface area contributed by atoms with E-state index in [-0.39, 0.29) is 18.7 Å². The first kappa shape index (κ1) is 17.0. The molecule has 7 nitrogen and oxygen atoms in total. The van der Waals surface area contributed by atoms with Crippen LogP contribution >= 0.6 is 0 Å². The van der Waals surface area contributed by atoms with E-state index >= 15 is 0 Å². The molecule has 0 amide bonds. The van der Waals surface area contributed by atoms with Crippen LogP contribution in [0.25, 0.3) is 5.69 Å². The summed E-state index contributed by atoms with van der Waals surface area (Å²) in [5.74, 6) is 0.865. The fourth-order valence-corrected chi connectivity index (χ4v) is 3.36. The summed E-state index contributed by atoms with van der Waals surface area (Å²) in [5, 5.41) is 21.8. The molecule has 7 heteroatoms. The van der Waals surface area contributed by atoms with Crippen LogP contribution in [0.15, 0.2) is 30.3 Å². The zero-order valence-electron chi connectivity index (χ0n) is 14.4. The van der Waals surface area contributed by atoms with E-state index in [4.69, 9.17) is 0 Å². The smallest absolute Gasteiger partial charge is 0.173 e. The molecule has 1 N–H and O–H groups in total. The summed E-state index contributed by atoms with van der Waals surface area (Å²) in [4.78, 5) is 4.79. The van der Waals surface area contributed by atoms with Crippen LogP contribution in [-0.2, 0) is 0 Å². The maximum Gasteiger partial charge on any atom is 0.173 e. The molecule has 1 fully saturated rings. The van der Waals surface area contributed by atoms with Gasteiger partial charge in [0.15, 0.2) is 5.82 Å². The van der Waals surface area contributed by atoms with Crippen LogP contribution in [0.1, 0.15) is 32.1 Å². The Morgan fingerprint density at radius 2 is 1.75 bits per heavy atom. The van der Waals surface area contributed by atoms with Crippen molar-refractivity contribution in [2.45, 2.75) is 32.4 Å². The summed E-state index contributed by atoms with van der Waals surface area (Å²) < 4.78 is 1.82. The lowest BCUT2D eigenvalue weighted by atomic mass is 10.1. The highest BCUT2D eigenvalue weighted by atomic mass is 16.3. The minimum Gasteiger partial charge on any atom is -0.395 e. The molecule has 1 aromatic heterocycles. The summed E-state index contributed by atoms with van der Waals surface area (Å²) in [6, 6.07) is 10.4. The lowest BCUT2D eigenvalue weighted by Crippen LogP contribution is -2.51. The van der Waals surface area contributed by atoms with Gasteiger partial charge in [0.1, 0.15) is 0 Å². The summed E-state index contributed by atoms with van der Waals surface area (Å²) >= 11 is 0. The monoisotopic (exact) mass is 330 g/mol. The first-order valence-electron chi connectivity index (χ1n) is 8.67. The highest BCUT2D eigenvalue weighted by Crippen LogP contribution is 2.22. The average Bonchev–Trinajstić information content (AvgIpc) is 3.13. The van der Waals surface area contributed by atoms with Crippen LogP contribution in [0.2, 0.25) is 0 Å². The minimum absolute atomic E-state index is 0.150. The van der Waals surface area contributed by atoms with E-state index in [9.17, 15) is 5.11 Å². The predicted octanol–water partition coefficient (Wildman–Crippen LogP) is 1.11. The number of para-hydroxylation sites is 1. The number of rotatable bonds is 6. The summed E-state index contributed by atoms with van der Waals surface area (Å²) in [6.07, 6.45) is 0.984. The van der Waals surface area contributed by atoms with Gasteiger partial charge < -0.3 is 5.11 Å². The highest BCUT2D eigenvalue weighted by Gasteiger charge is 2.28. The Kier molecular flexibility index (Phi) is 5.55. The third-order valence-corrected chi connectivity index (χ3v) is 4.96. The second-order valence-corrected chi connectivity index (χ2v) is 6.28. The van der Waals surface area contributed by atoms with Gasteiger partial charge in [-0.1, -0.05) is 25.1 Å². The Balaban J connectivity index is 1.69. The van der Waals surface area contributed by atoms with Gasteiger partial charge >= 0.3 is 0 Å². The van der Waals surface area contributed by atoms with Crippen molar-refractivity contribution in [3.05, 3.63) is 36.2 Å². The van der Waals surface area contributed by atoms with Crippen molar-refractivity contribution in [2.75, 3.05) is 32.8 Å². The normalized spacial score (nSPS) is 19.3. The van der Waals surface area contributed by atoms with Crippen molar-refractivity contribution >= 4 is 0 Å². The predicted molar refractivity (Wildman–Crippen MR) is 91.9 cm³/mol. The standard InChI is InChI=1S/C17H26N6O/c1-3-15(13-24)22-11-9-21(10-12-22)14(2)17-18-19-20-23(17)16-7-5-4-6-8-16/h4-8,14-15,24H,3,9-13H2,1-2H3/t14-,15-/m0/s1. The van der Waals surface area contributed by atoms with Crippen molar-refractivity contribution in [2.24, 2.45) is 0 Å². The molecular weight excluding hydrogens is 304 g/mol. The molecule has 0 unspecified atom stereocenters. The molecule has 1 aromatic carbocycles. The molecule has 1 aliphatic rings. The van der Waals surface area contributed by atoms with E-state index in [1.807, 2.05) is 35.0 Å². The fourth-order valence-electron chi connectivity index (χ4n) is 3.36. The third kappa shape index (κ3) is 3.48. The molecule has 2 atom stereocenters. The summed E-state index contributed by atoms with van der Waals surface area (Å²) in [7, 11) is 0. The van der Waals surface area contributed by atoms with Gasteiger partial charge in [0.2, 0.25) is 0 Å². The van der Waals surface area contributed by atoms with Crippen molar-refractivity contribution in [1.82, 2.24) is 30.0 Å². The lowest BCUT2D eigenvalue weighted by Gasteiger charge is -2.40. The van der Waals surface area contributed by atoms with E-state index in [2.05, 4.69) is 39.2 Å². The first-order valence-corrected chi connectivity index (χ1v) is 8.67. The Morgan fingerprint density at radius 1 is 1.08 bits per heavy atom. The molecular formula is C17H26N6O. The largest absolute Gasteiger partial charge is 0.395 e. The van der Waals surface area contributed by atoms with Crippen LogP contribution in [0, 0.1) is 0 Å². The molecule has 130 valence electrons. The van der Waals surface area contributed by atoms with E-state index in [0.29, 0.717) is 0 Å². The van der Waals surface area contributed by atoms with E-state index in [1.165, 1.54) is 0 Å². The van der Waals surface area contributed by atoms with Gasteiger partial charge in [-0.3, -0.25) is 9.80 Å². The number of aliphatic hydroxyl groups is 1. The number of aliphatic hydroxyl groups excluding tert-OH is 1. The molecule has 0 radical (unpaired) electrons. The maximum atomic E-state index is 9.48. The molecule has 2 aromatic rings. The number of tetrazole rings is 1. The Labute approximate surface area is 142 Å². The minimum atomic E-state index is 0.150. The molecule has 24 heavy (non-hydrogen) atoms. The van der Waals surface area contributed by atoms with Crippen LogP contribution in [0.5, 0.6) is 0 Å². The number of aromatic nitrogens is 4. The zero-order valence-corrected chi connectivity index (χ0v) is 14.4. The second kappa shape index (κ2) is 7.83. The summed E-state index contributed by atoms with van der Waals surface area (Å²) in [5.41, 5.74) is 0.981. The average molecular weight is 330 g/mol. The fraction of sp³-hybridized carbons (Fsp3) is 0.588. The van der Waals surface area contributed by atoms with Gasteiger partial charge in [-0.05, 0) is 35.9 Å². The van der Waals surface area contributed by atoms with E-state index < -0.39 is 0 Å². The van der Waals surface area contributed by atoms with Gasteiger partial charge in [0, 0.05) is 32.2 Å². The Morgan fingerprint density at radius 3 is 2.38 bits per heavy atom. The number of hydrogen-bond acceptors (Lipinski definition) is 6. The Hall–Kier alpha value is -1.83. The SMILES string of the molecule is CC[C@@H](CO)N1CCN([C@@H](C)c2nnnn2-c2ccccc2)CC1. The number of nitrogens with zero attached hydrogens (tertiary/aromatic N) is 6. The van der Waals surface area contributed by atoms with Gasteiger partial charge in [0.05, 0.1) is 18.3 Å². The van der Waals surface area contributed by atoms with E-state index in [0.717, 1.165) is 44.1 Å². The topological polar surface area (TPSA) is 70.3 Å². The molecule has 0 bridgehead atoms. The van der Waals surface area contributed by atoms with Gasteiger partial charge in [-0.2, -0.15) is 4.68 Å². The molecule has 0 spiro atoms. The van der Waals surface area contributed by atoms with Crippen LogP contribution in [-0.4, -0.2) is 73.9 Å². The molecule has 3 rings (SSSR count). The molecule has 1 aliphatic heterocycles. The van der Waals surface area contributed by atoms with Crippen molar-refractivity contribution in [3.8, 4) is 5.69 Å². The number of piperazine rings is 1. The first-order chi connectivity index (χ1) is 11.7. The van der Waals surface area contributed by atoms with E-state index in [1.54, 1.807) is 0 Å². The second-order valence-electron chi connectivity index (χ2n) is 6.28. The van der Waals surface area contributed by atoms with Crippen molar-refractivity contribution in [1.29, 1.82) is 0 Å². The zero-order chi connectivity index (χ0) is 16.9. The lowest BCUT2D eigenvalue weighted by molar-refractivity contribution is 0.0466. The molecule has 1 saturated heterocycles.